The molecule has 1 amide bonds. The third-order valence-corrected chi connectivity index (χ3v) is 8.22. The van der Waals surface area contributed by atoms with Crippen molar-refractivity contribution < 1.29 is 23.8 Å². The van der Waals surface area contributed by atoms with E-state index < -0.39 is 17.8 Å². The molecule has 0 radical (unpaired) electrons. The molecule has 50 heavy (non-hydrogen) atoms. The second-order valence-corrected chi connectivity index (χ2v) is 13.9. The Labute approximate surface area is 298 Å². The SMILES string of the molecule is COC1CN(C(=O)OC(C)(C)C)CCC1Nc1nc(CC(C)C)c(C#N)c(-c2ccc(N(C)Cc3ncc(Cl)cn3)c(OCC=O)c2)c1C=N. The van der Waals surface area contributed by atoms with E-state index in [1.54, 1.807) is 18.1 Å². The van der Waals surface area contributed by atoms with Gasteiger partial charge in [-0.25, -0.2) is 19.7 Å². The monoisotopic (exact) mass is 704 g/mol. The fourth-order valence-corrected chi connectivity index (χ4v) is 5.88. The number of carbonyl (C=O) groups is 2. The summed E-state index contributed by atoms with van der Waals surface area (Å²) in [7, 11) is 3.44. The van der Waals surface area contributed by atoms with E-state index in [4.69, 9.17) is 36.2 Å². The topological polar surface area (TPSA) is 167 Å². The Morgan fingerprint density at radius 1 is 1.28 bits per heavy atom. The zero-order valence-corrected chi connectivity index (χ0v) is 30.4. The van der Waals surface area contributed by atoms with Crippen LogP contribution in [-0.2, 0) is 27.2 Å². The van der Waals surface area contributed by atoms with Crippen LogP contribution in [0.4, 0.5) is 16.3 Å². The fraction of sp³-hybridized carbons (Fsp3) is 0.472. The van der Waals surface area contributed by atoms with Gasteiger partial charge in [-0.3, -0.25) is 4.79 Å². The number of likely N-dealkylation sites (tertiary alicyclic amines) is 1. The van der Waals surface area contributed by atoms with Crippen molar-refractivity contribution in [1.29, 1.82) is 10.7 Å². The van der Waals surface area contributed by atoms with Crippen LogP contribution in [-0.4, -0.2) is 90.0 Å². The highest BCUT2D eigenvalue weighted by Gasteiger charge is 2.35. The van der Waals surface area contributed by atoms with Crippen molar-refractivity contribution in [3.8, 4) is 22.9 Å². The highest BCUT2D eigenvalue weighted by Crippen LogP contribution is 2.39. The molecule has 0 spiro atoms. The number of aldehydes is 1. The lowest BCUT2D eigenvalue weighted by atomic mass is 9.91. The number of hydrogen-bond donors (Lipinski definition) is 2. The molecule has 266 valence electrons. The summed E-state index contributed by atoms with van der Waals surface area (Å²) in [5, 5.41) is 23.0. The zero-order valence-electron chi connectivity index (χ0n) is 29.6. The smallest absolute Gasteiger partial charge is 0.410 e. The molecule has 2 N–H and O–H groups in total. The minimum atomic E-state index is -0.625. The molecule has 3 aromatic rings. The van der Waals surface area contributed by atoms with Gasteiger partial charge >= 0.3 is 6.09 Å². The summed E-state index contributed by atoms with van der Waals surface area (Å²) in [5.41, 5.74) is 2.51. The van der Waals surface area contributed by atoms with Crippen LogP contribution in [0.15, 0.2) is 30.6 Å². The lowest BCUT2D eigenvalue weighted by Crippen LogP contribution is -2.53. The molecule has 1 aliphatic heterocycles. The number of pyridine rings is 1. The summed E-state index contributed by atoms with van der Waals surface area (Å²) in [4.78, 5) is 41.2. The Bertz CT molecular complexity index is 1720. The third-order valence-electron chi connectivity index (χ3n) is 8.02. The van der Waals surface area contributed by atoms with Crippen LogP contribution >= 0.6 is 11.6 Å². The number of nitriles is 1. The molecule has 0 saturated carbocycles. The van der Waals surface area contributed by atoms with Crippen LogP contribution in [0.1, 0.15) is 63.7 Å². The van der Waals surface area contributed by atoms with E-state index in [0.29, 0.717) is 94.8 Å². The van der Waals surface area contributed by atoms with Crippen molar-refractivity contribution in [3.63, 3.8) is 0 Å². The average molecular weight is 705 g/mol. The van der Waals surface area contributed by atoms with Gasteiger partial charge in [0.1, 0.15) is 35.7 Å². The van der Waals surface area contributed by atoms with Crippen molar-refractivity contribution in [2.75, 3.05) is 44.1 Å². The van der Waals surface area contributed by atoms with Crippen LogP contribution < -0.4 is 15.0 Å². The van der Waals surface area contributed by atoms with Crippen LogP contribution in [0.25, 0.3) is 11.1 Å². The second-order valence-electron chi connectivity index (χ2n) is 13.5. The molecule has 2 atom stereocenters. The molecule has 1 aliphatic rings. The van der Waals surface area contributed by atoms with Gasteiger partial charge in [-0.2, -0.15) is 5.26 Å². The number of nitrogens with one attached hydrogen (secondary N) is 2. The minimum Gasteiger partial charge on any atom is -0.484 e. The quantitative estimate of drug-likeness (QED) is 0.160. The minimum absolute atomic E-state index is 0.183. The first-order valence-electron chi connectivity index (χ1n) is 16.4. The molecule has 0 aliphatic carbocycles. The maximum atomic E-state index is 12.8. The predicted octanol–water partition coefficient (Wildman–Crippen LogP) is 5.91. The largest absolute Gasteiger partial charge is 0.484 e. The Balaban J connectivity index is 1.77. The molecule has 2 unspecified atom stereocenters. The van der Waals surface area contributed by atoms with Crippen molar-refractivity contribution in [2.24, 2.45) is 5.92 Å². The van der Waals surface area contributed by atoms with E-state index in [1.807, 2.05) is 58.7 Å². The van der Waals surface area contributed by atoms with Gasteiger partial charge in [0.05, 0.1) is 47.2 Å². The summed E-state index contributed by atoms with van der Waals surface area (Å²) in [5.74, 6) is 1.55. The van der Waals surface area contributed by atoms with Crippen LogP contribution in [0.2, 0.25) is 5.02 Å². The van der Waals surface area contributed by atoms with Gasteiger partial charge in [-0.05, 0) is 57.2 Å². The molecule has 4 rings (SSSR count). The Hall–Kier alpha value is -4.80. The first-order valence-corrected chi connectivity index (χ1v) is 16.8. The summed E-state index contributed by atoms with van der Waals surface area (Å²) in [6.07, 6.45) is 5.15. The number of piperidine rings is 1. The van der Waals surface area contributed by atoms with E-state index in [2.05, 4.69) is 21.4 Å². The molecular formula is C36H45ClN8O5. The third kappa shape index (κ3) is 9.46. The normalized spacial score (nSPS) is 16.0. The van der Waals surface area contributed by atoms with Crippen LogP contribution in [0.5, 0.6) is 5.75 Å². The number of amides is 1. The van der Waals surface area contributed by atoms with Crippen molar-refractivity contribution in [2.45, 2.75) is 71.8 Å². The molecule has 13 nitrogen and oxygen atoms in total. The van der Waals surface area contributed by atoms with Gasteiger partial charge < -0.3 is 34.7 Å². The van der Waals surface area contributed by atoms with E-state index >= 15 is 0 Å². The predicted molar refractivity (Wildman–Crippen MR) is 192 cm³/mol. The molecule has 2 aromatic heterocycles. The lowest BCUT2D eigenvalue weighted by molar-refractivity contribution is -0.109. The number of ether oxygens (including phenoxy) is 3. The lowest BCUT2D eigenvalue weighted by Gasteiger charge is -2.39. The molecule has 1 aromatic carbocycles. The first-order chi connectivity index (χ1) is 23.8. The van der Waals surface area contributed by atoms with Crippen molar-refractivity contribution in [3.05, 3.63) is 58.3 Å². The number of benzene rings is 1. The number of halogens is 1. The highest BCUT2D eigenvalue weighted by atomic mass is 35.5. The molecule has 1 saturated heterocycles. The summed E-state index contributed by atoms with van der Waals surface area (Å²) < 4.78 is 17.3. The van der Waals surface area contributed by atoms with Crippen LogP contribution in [0, 0.1) is 22.7 Å². The van der Waals surface area contributed by atoms with E-state index in [1.165, 1.54) is 18.6 Å². The standard InChI is InChI=1S/C36H45ClN8O5/c1-22(2)14-28-25(16-38)33(23-8-9-29(30(15-23)49-13-12-46)44(6)21-32-40-18-24(37)19-41-32)26(17-39)34(43-28)42-27-10-11-45(20-31(27)48-7)35(47)50-36(3,4)5/h8-9,12,15,17-19,22,27,31,39H,10-11,13-14,20-21H2,1-7H3,(H,42,43). The molecule has 14 heteroatoms. The number of carbonyl (C=O) groups excluding carboxylic acids is 2. The molecule has 3 heterocycles. The summed E-state index contributed by atoms with van der Waals surface area (Å²) in [6, 6.07) is 7.56. The fourth-order valence-electron chi connectivity index (χ4n) is 5.78. The van der Waals surface area contributed by atoms with E-state index in [9.17, 15) is 14.9 Å². The number of rotatable bonds is 13. The van der Waals surface area contributed by atoms with Gasteiger partial charge in [-0.15, -0.1) is 0 Å². The van der Waals surface area contributed by atoms with E-state index in [-0.39, 0.29) is 18.6 Å². The maximum absolute atomic E-state index is 12.8. The first kappa shape index (κ1) is 38.0. The summed E-state index contributed by atoms with van der Waals surface area (Å²) >= 11 is 5.96. The average Bonchev–Trinajstić information content (AvgIpc) is 3.07. The molecule has 0 bridgehead atoms. The number of nitrogens with zero attached hydrogens (tertiary/aromatic N) is 6. The number of methoxy groups -OCH3 is 1. The van der Waals surface area contributed by atoms with Gasteiger partial charge in [0.2, 0.25) is 0 Å². The van der Waals surface area contributed by atoms with Gasteiger partial charge in [0, 0.05) is 50.4 Å². The molecule has 1 fully saturated rings. The van der Waals surface area contributed by atoms with Gasteiger partial charge in [-0.1, -0.05) is 31.5 Å². The molecular weight excluding hydrogens is 660 g/mol. The van der Waals surface area contributed by atoms with Crippen LogP contribution in [0.3, 0.4) is 0 Å². The maximum Gasteiger partial charge on any atom is 0.410 e. The van der Waals surface area contributed by atoms with Crippen molar-refractivity contribution >= 4 is 41.7 Å². The van der Waals surface area contributed by atoms with E-state index in [0.717, 1.165) is 0 Å². The Morgan fingerprint density at radius 3 is 2.60 bits per heavy atom. The number of hydrogen-bond acceptors (Lipinski definition) is 12. The second kappa shape index (κ2) is 16.7. The Kier molecular flexibility index (Phi) is 12.7. The van der Waals surface area contributed by atoms with Gasteiger partial charge in [0.15, 0.2) is 6.29 Å². The van der Waals surface area contributed by atoms with Gasteiger partial charge in [0.25, 0.3) is 0 Å². The number of anilines is 2. The Morgan fingerprint density at radius 2 is 2.00 bits per heavy atom. The number of aromatic nitrogens is 3. The highest BCUT2D eigenvalue weighted by molar-refractivity contribution is 6.30. The van der Waals surface area contributed by atoms with Crippen molar-refractivity contribution in [1.82, 2.24) is 19.9 Å². The summed E-state index contributed by atoms with van der Waals surface area (Å²) in [6.45, 7) is 10.5. The zero-order chi connectivity index (χ0) is 36.6.